The first kappa shape index (κ1) is 18.6. The summed E-state index contributed by atoms with van der Waals surface area (Å²) in [6, 6.07) is 10.6. The molecule has 0 aromatic heterocycles. The molecule has 2 rings (SSSR count). The number of para-hydroxylation sites is 1. The lowest BCUT2D eigenvalue weighted by molar-refractivity contribution is -0.0945. The number of hydrogen-bond acceptors (Lipinski definition) is 3. The van der Waals surface area contributed by atoms with Crippen LogP contribution in [0, 0.1) is 5.41 Å². The molecule has 24 heavy (non-hydrogen) atoms. The lowest BCUT2D eigenvalue weighted by Gasteiger charge is -2.36. The standard InChI is InChI=1S/C19H32N4O/c1-4-20-18(22-14-19(3)15-24-16-19)21-12-9-13-23(5-2)17-10-7-6-8-11-17/h6-8,10-11H,4-5,9,12-16H2,1-3H3,(H2,20,21,22). The van der Waals surface area contributed by atoms with Crippen molar-refractivity contribution in [1.82, 2.24) is 10.6 Å². The van der Waals surface area contributed by atoms with Crippen molar-refractivity contribution >= 4 is 11.6 Å². The molecule has 0 saturated carbocycles. The van der Waals surface area contributed by atoms with Crippen molar-refractivity contribution in [3.8, 4) is 0 Å². The molecule has 0 bridgehead atoms. The zero-order chi connectivity index (χ0) is 17.3. The van der Waals surface area contributed by atoms with E-state index in [1.807, 2.05) is 0 Å². The maximum atomic E-state index is 5.29. The van der Waals surface area contributed by atoms with Crippen LogP contribution in [0.5, 0.6) is 0 Å². The topological polar surface area (TPSA) is 48.9 Å². The van der Waals surface area contributed by atoms with Crippen LogP contribution in [0.2, 0.25) is 0 Å². The number of rotatable bonds is 9. The van der Waals surface area contributed by atoms with Gasteiger partial charge in [-0.25, -0.2) is 0 Å². The molecule has 1 aliphatic rings. The van der Waals surface area contributed by atoms with E-state index in [-0.39, 0.29) is 5.41 Å². The number of benzene rings is 1. The van der Waals surface area contributed by atoms with Crippen molar-refractivity contribution in [3.63, 3.8) is 0 Å². The Kier molecular flexibility index (Phi) is 7.37. The maximum Gasteiger partial charge on any atom is 0.191 e. The molecule has 0 amide bonds. The van der Waals surface area contributed by atoms with Crippen molar-refractivity contribution in [2.45, 2.75) is 27.2 Å². The van der Waals surface area contributed by atoms with Gasteiger partial charge in [0.05, 0.1) is 19.8 Å². The molecule has 0 unspecified atom stereocenters. The van der Waals surface area contributed by atoms with Crippen molar-refractivity contribution in [1.29, 1.82) is 0 Å². The molecule has 5 heteroatoms. The molecule has 0 aliphatic carbocycles. The SMILES string of the molecule is CCNC(=NCC1(C)COC1)NCCCN(CC)c1ccccc1. The Morgan fingerprint density at radius 1 is 1.21 bits per heavy atom. The number of ether oxygens (including phenoxy) is 1. The van der Waals surface area contributed by atoms with Crippen LogP contribution in [0.4, 0.5) is 5.69 Å². The fraction of sp³-hybridized carbons (Fsp3) is 0.632. The lowest BCUT2D eigenvalue weighted by Crippen LogP contribution is -2.44. The molecule has 0 atom stereocenters. The Bertz CT molecular complexity index is 499. The maximum absolute atomic E-state index is 5.29. The number of guanidine groups is 1. The third-order valence-electron chi connectivity index (χ3n) is 4.26. The number of anilines is 1. The van der Waals surface area contributed by atoms with Crippen molar-refractivity contribution in [2.24, 2.45) is 10.4 Å². The normalized spacial score (nSPS) is 16.4. The van der Waals surface area contributed by atoms with Gasteiger partial charge in [-0.1, -0.05) is 25.1 Å². The van der Waals surface area contributed by atoms with E-state index in [1.165, 1.54) is 5.69 Å². The molecular formula is C19H32N4O. The average molecular weight is 332 g/mol. The highest BCUT2D eigenvalue weighted by Crippen LogP contribution is 2.26. The molecule has 1 fully saturated rings. The summed E-state index contributed by atoms with van der Waals surface area (Å²) in [5.74, 6) is 0.911. The highest BCUT2D eigenvalue weighted by atomic mass is 16.5. The zero-order valence-corrected chi connectivity index (χ0v) is 15.3. The molecule has 0 radical (unpaired) electrons. The molecule has 1 saturated heterocycles. The summed E-state index contributed by atoms with van der Waals surface area (Å²) >= 11 is 0. The van der Waals surface area contributed by atoms with Gasteiger partial charge in [0.15, 0.2) is 5.96 Å². The van der Waals surface area contributed by atoms with Crippen molar-refractivity contribution in [2.75, 3.05) is 50.8 Å². The number of hydrogen-bond donors (Lipinski definition) is 2. The second-order valence-corrected chi connectivity index (χ2v) is 6.69. The number of nitrogens with one attached hydrogen (secondary N) is 2. The summed E-state index contributed by atoms with van der Waals surface area (Å²) in [7, 11) is 0. The van der Waals surface area contributed by atoms with Gasteiger partial charge in [0.1, 0.15) is 0 Å². The Labute approximate surface area is 146 Å². The minimum absolute atomic E-state index is 0.217. The molecule has 1 aromatic carbocycles. The van der Waals surface area contributed by atoms with Crippen LogP contribution >= 0.6 is 0 Å². The summed E-state index contributed by atoms with van der Waals surface area (Å²) < 4.78 is 5.29. The van der Waals surface area contributed by atoms with Crippen LogP contribution in [0.3, 0.4) is 0 Å². The van der Waals surface area contributed by atoms with E-state index in [4.69, 9.17) is 9.73 Å². The van der Waals surface area contributed by atoms with Gasteiger partial charge in [0.25, 0.3) is 0 Å². The first-order valence-electron chi connectivity index (χ1n) is 9.07. The Hall–Kier alpha value is -1.75. The third-order valence-corrected chi connectivity index (χ3v) is 4.26. The highest BCUT2D eigenvalue weighted by Gasteiger charge is 2.33. The fourth-order valence-electron chi connectivity index (χ4n) is 2.74. The molecule has 0 spiro atoms. The number of aliphatic imine (C=N–C) groups is 1. The lowest BCUT2D eigenvalue weighted by atomic mass is 9.89. The van der Waals surface area contributed by atoms with Gasteiger partial charge in [0.2, 0.25) is 0 Å². The van der Waals surface area contributed by atoms with E-state index < -0.39 is 0 Å². The Balaban J connectivity index is 1.74. The zero-order valence-electron chi connectivity index (χ0n) is 15.3. The second-order valence-electron chi connectivity index (χ2n) is 6.69. The Morgan fingerprint density at radius 2 is 1.96 bits per heavy atom. The van der Waals surface area contributed by atoms with Crippen LogP contribution in [0.25, 0.3) is 0 Å². The van der Waals surface area contributed by atoms with Crippen LogP contribution in [0.1, 0.15) is 27.2 Å². The predicted molar refractivity (Wildman–Crippen MR) is 102 cm³/mol. The molecular weight excluding hydrogens is 300 g/mol. The molecule has 1 heterocycles. The van der Waals surface area contributed by atoms with Crippen LogP contribution < -0.4 is 15.5 Å². The first-order valence-corrected chi connectivity index (χ1v) is 9.07. The van der Waals surface area contributed by atoms with Crippen LogP contribution in [0.15, 0.2) is 35.3 Å². The van der Waals surface area contributed by atoms with Crippen molar-refractivity contribution < 1.29 is 4.74 Å². The van der Waals surface area contributed by atoms with Gasteiger partial charge in [-0.3, -0.25) is 4.99 Å². The molecule has 134 valence electrons. The van der Waals surface area contributed by atoms with E-state index in [0.29, 0.717) is 0 Å². The minimum Gasteiger partial charge on any atom is -0.380 e. The molecule has 1 aromatic rings. The second kappa shape index (κ2) is 9.52. The summed E-state index contributed by atoms with van der Waals surface area (Å²) in [4.78, 5) is 7.10. The van der Waals surface area contributed by atoms with Crippen LogP contribution in [-0.2, 0) is 4.74 Å². The van der Waals surface area contributed by atoms with Gasteiger partial charge < -0.3 is 20.3 Å². The predicted octanol–water partition coefficient (Wildman–Crippen LogP) is 2.49. The van der Waals surface area contributed by atoms with Gasteiger partial charge in [-0.05, 0) is 32.4 Å². The van der Waals surface area contributed by atoms with Gasteiger partial charge in [0, 0.05) is 37.3 Å². The quantitative estimate of drug-likeness (QED) is 0.414. The molecule has 5 nitrogen and oxygen atoms in total. The number of nitrogens with zero attached hydrogens (tertiary/aromatic N) is 2. The monoisotopic (exact) mass is 332 g/mol. The Morgan fingerprint density at radius 3 is 2.54 bits per heavy atom. The summed E-state index contributed by atoms with van der Waals surface area (Å²) in [6.07, 6.45) is 1.08. The van der Waals surface area contributed by atoms with Gasteiger partial charge in [-0.15, -0.1) is 0 Å². The summed E-state index contributed by atoms with van der Waals surface area (Å²) in [6.45, 7) is 12.8. The smallest absolute Gasteiger partial charge is 0.191 e. The molecule has 1 aliphatic heterocycles. The minimum atomic E-state index is 0.217. The summed E-state index contributed by atoms with van der Waals surface area (Å²) in [5.41, 5.74) is 1.51. The van der Waals surface area contributed by atoms with E-state index in [0.717, 1.165) is 58.3 Å². The van der Waals surface area contributed by atoms with E-state index in [1.54, 1.807) is 0 Å². The van der Waals surface area contributed by atoms with E-state index >= 15 is 0 Å². The van der Waals surface area contributed by atoms with Gasteiger partial charge in [-0.2, -0.15) is 0 Å². The highest BCUT2D eigenvalue weighted by molar-refractivity contribution is 5.79. The van der Waals surface area contributed by atoms with E-state index in [9.17, 15) is 0 Å². The fourth-order valence-corrected chi connectivity index (χ4v) is 2.74. The first-order chi connectivity index (χ1) is 11.7. The summed E-state index contributed by atoms with van der Waals surface area (Å²) in [5, 5.41) is 6.77. The average Bonchev–Trinajstić information content (AvgIpc) is 2.58. The van der Waals surface area contributed by atoms with Crippen LogP contribution in [-0.4, -0.2) is 51.9 Å². The largest absolute Gasteiger partial charge is 0.380 e. The van der Waals surface area contributed by atoms with Gasteiger partial charge >= 0.3 is 0 Å². The van der Waals surface area contributed by atoms with Crippen molar-refractivity contribution in [3.05, 3.63) is 30.3 Å². The third kappa shape index (κ3) is 5.71. The van der Waals surface area contributed by atoms with E-state index in [2.05, 4.69) is 66.6 Å². The molecule has 2 N–H and O–H groups in total.